The van der Waals surface area contributed by atoms with Crippen molar-refractivity contribution in [3.05, 3.63) is 18.2 Å². The van der Waals surface area contributed by atoms with Gasteiger partial charge in [0.25, 0.3) is 0 Å². The SMILES string of the molecule is CSCCC(NC(=O)C(C)NC(=O)C(N)Cc1cnc[nH]1)C(=O)NC(CC(N)=O)C(=O)O. The second-order valence-electron chi connectivity index (χ2n) is 7.03. The monoisotopic (exact) mass is 471 g/mol. The van der Waals surface area contributed by atoms with E-state index < -0.39 is 60.2 Å². The molecule has 4 atom stereocenters. The number of aromatic amines is 1. The van der Waals surface area contributed by atoms with E-state index in [-0.39, 0.29) is 12.8 Å². The van der Waals surface area contributed by atoms with Gasteiger partial charge < -0.3 is 37.5 Å². The van der Waals surface area contributed by atoms with Gasteiger partial charge in [-0.2, -0.15) is 11.8 Å². The zero-order chi connectivity index (χ0) is 24.3. The van der Waals surface area contributed by atoms with Gasteiger partial charge >= 0.3 is 5.97 Å². The number of hydrogen-bond acceptors (Lipinski definition) is 8. The topological polar surface area (TPSA) is 222 Å². The number of rotatable bonds is 14. The van der Waals surface area contributed by atoms with E-state index in [0.717, 1.165) is 0 Å². The number of aliphatic carboxylic acids is 1. The van der Waals surface area contributed by atoms with E-state index in [2.05, 4.69) is 25.9 Å². The molecule has 0 saturated heterocycles. The Kier molecular flexibility index (Phi) is 11.2. The number of carboxylic acids is 1. The Morgan fingerprint density at radius 3 is 2.31 bits per heavy atom. The Balaban J connectivity index is 2.72. The molecule has 0 fully saturated rings. The maximum atomic E-state index is 12.5. The van der Waals surface area contributed by atoms with E-state index in [4.69, 9.17) is 16.6 Å². The molecular formula is C18H29N7O6S. The van der Waals surface area contributed by atoms with Gasteiger partial charge in [-0.1, -0.05) is 0 Å². The third-order valence-electron chi connectivity index (χ3n) is 4.35. The molecular weight excluding hydrogens is 442 g/mol. The van der Waals surface area contributed by atoms with E-state index in [9.17, 15) is 24.0 Å². The highest BCUT2D eigenvalue weighted by Gasteiger charge is 2.29. The van der Waals surface area contributed by atoms with Crippen molar-refractivity contribution in [3.63, 3.8) is 0 Å². The van der Waals surface area contributed by atoms with Crippen molar-refractivity contribution >= 4 is 41.4 Å². The molecule has 32 heavy (non-hydrogen) atoms. The number of nitrogens with zero attached hydrogens (tertiary/aromatic N) is 1. The Bertz CT molecular complexity index is 804. The molecule has 13 nitrogen and oxygen atoms in total. The second kappa shape index (κ2) is 13.3. The van der Waals surface area contributed by atoms with Crippen LogP contribution >= 0.6 is 11.8 Å². The lowest BCUT2D eigenvalue weighted by atomic mass is 10.1. The van der Waals surface area contributed by atoms with E-state index in [1.54, 1.807) is 6.26 Å². The fourth-order valence-electron chi connectivity index (χ4n) is 2.59. The fourth-order valence-corrected chi connectivity index (χ4v) is 3.06. The first-order valence-electron chi connectivity index (χ1n) is 9.69. The number of carboxylic acid groups (broad SMARTS) is 1. The van der Waals surface area contributed by atoms with Crippen LogP contribution in [0.1, 0.15) is 25.5 Å². The summed E-state index contributed by atoms with van der Waals surface area (Å²) >= 11 is 1.42. The van der Waals surface area contributed by atoms with Crippen molar-refractivity contribution in [1.29, 1.82) is 0 Å². The molecule has 1 aromatic rings. The lowest BCUT2D eigenvalue weighted by molar-refractivity contribution is -0.143. The average Bonchev–Trinajstić information content (AvgIpc) is 3.22. The van der Waals surface area contributed by atoms with E-state index in [0.29, 0.717) is 11.4 Å². The van der Waals surface area contributed by atoms with Crippen LogP contribution in [0.25, 0.3) is 0 Å². The zero-order valence-electron chi connectivity index (χ0n) is 17.8. The number of imidazole rings is 1. The molecule has 0 saturated carbocycles. The van der Waals surface area contributed by atoms with Crippen LogP contribution < -0.4 is 27.4 Å². The highest BCUT2D eigenvalue weighted by molar-refractivity contribution is 7.98. The van der Waals surface area contributed by atoms with Gasteiger partial charge in [0.2, 0.25) is 23.6 Å². The molecule has 1 rings (SSSR count). The van der Waals surface area contributed by atoms with Crippen molar-refractivity contribution in [2.24, 2.45) is 11.5 Å². The van der Waals surface area contributed by atoms with Gasteiger partial charge in [0.05, 0.1) is 18.8 Å². The summed E-state index contributed by atoms with van der Waals surface area (Å²) in [6.07, 6.45) is 4.57. The highest BCUT2D eigenvalue weighted by atomic mass is 32.2. The molecule has 0 aliphatic rings. The summed E-state index contributed by atoms with van der Waals surface area (Å²) in [5.74, 6) is -3.85. The molecule has 0 spiro atoms. The number of amides is 4. The van der Waals surface area contributed by atoms with Crippen molar-refractivity contribution in [2.45, 2.75) is 50.4 Å². The first-order chi connectivity index (χ1) is 15.0. The molecule has 0 bridgehead atoms. The lowest BCUT2D eigenvalue weighted by Crippen LogP contribution is -2.56. The summed E-state index contributed by atoms with van der Waals surface area (Å²) < 4.78 is 0. The summed E-state index contributed by atoms with van der Waals surface area (Å²) in [4.78, 5) is 66.3. The number of carbonyl (C=O) groups is 5. The maximum absolute atomic E-state index is 12.5. The number of primary amides is 1. The normalized spacial score (nSPS) is 14.5. The van der Waals surface area contributed by atoms with Gasteiger partial charge in [0, 0.05) is 18.3 Å². The molecule has 14 heteroatoms. The van der Waals surface area contributed by atoms with Crippen LogP contribution in [0, 0.1) is 0 Å². The third kappa shape index (κ3) is 9.34. The number of hydrogen-bond donors (Lipinski definition) is 7. The molecule has 4 amide bonds. The largest absolute Gasteiger partial charge is 0.480 e. The van der Waals surface area contributed by atoms with Crippen LogP contribution in [0.2, 0.25) is 0 Å². The zero-order valence-corrected chi connectivity index (χ0v) is 18.6. The van der Waals surface area contributed by atoms with Gasteiger partial charge in [0.1, 0.15) is 18.1 Å². The average molecular weight is 472 g/mol. The molecule has 1 heterocycles. The van der Waals surface area contributed by atoms with Crippen LogP contribution in [0.15, 0.2) is 12.5 Å². The first kappa shape index (κ1) is 26.9. The van der Waals surface area contributed by atoms with Gasteiger partial charge in [-0.25, -0.2) is 9.78 Å². The number of carbonyl (C=O) groups excluding carboxylic acids is 4. The fraction of sp³-hybridized carbons (Fsp3) is 0.556. The molecule has 0 aliphatic heterocycles. The lowest BCUT2D eigenvalue weighted by Gasteiger charge is -2.23. The smallest absolute Gasteiger partial charge is 0.326 e. The summed E-state index contributed by atoms with van der Waals surface area (Å²) in [7, 11) is 0. The van der Waals surface area contributed by atoms with Gasteiger partial charge in [-0.15, -0.1) is 0 Å². The van der Waals surface area contributed by atoms with Crippen molar-refractivity contribution in [2.75, 3.05) is 12.0 Å². The van der Waals surface area contributed by atoms with Crippen LogP contribution in [0.4, 0.5) is 0 Å². The number of aromatic nitrogens is 2. The Hall–Kier alpha value is -3.13. The molecule has 1 aromatic heterocycles. The molecule has 9 N–H and O–H groups in total. The first-order valence-corrected chi connectivity index (χ1v) is 11.1. The van der Waals surface area contributed by atoms with Crippen LogP contribution in [-0.4, -0.2) is 80.8 Å². The molecule has 178 valence electrons. The quantitative estimate of drug-likeness (QED) is 0.152. The predicted molar refractivity (Wildman–Crippen MR) is 116 cm³/mol. The minimum Gasteiger partial charge on any atom is -0.480 e. The second-order valence-corrected chi connectivity index (χ2v) is 8.02. The molecule has 4 unspecified atom stereocenters. The van der Waals surface area contributed by atoms with Crippen molar-refractivity contribution in [1.82, 2.24) is 25.9 Å². The summed E-state index contributed by atoms with van der Waals surface area (Å²) in [6.45, 7) is 1.42. The number of H-pyrrole nitrogens is 1. The number of nitrogens with two attached hydrogens (primary N) is 2. The predicted octanol–water partition coefficient (Wildman–Crippen LogP) is -2.53. The van der Waals surface area contributed by atoms with Gasteiger partial charge in [-0.05, 0) is 25.4 Å². The summed E-state index contributed by atoms with van der Waals surface area (Å²) in [5, 5.41) is 16.3. The Morgan fingerprint density at radius 1 is 1.12 bits per heavy atom. The third-order valence-corrected chi connectivity index (χ3v) is 4.99. The van der Waals surface area contributed by atoms with E-state index >= 15 is 0 Å². The van der Waals surface area contributed by atoms with Crippen LogP contribution in [0.3, 0.4) is 0 Å². The highest BCUT2D eigenvalue weighted by Crippen LogP contribution is 2.04. The molecule has 0 radical (unpaired) electrons. The van der Waals surface area contributed by atoms with Gasteiger partial charge in [0.15, 0.2) is 0 Å². The Morgan fingerprint density at radius 2 is 1.78 bits per heavy atom. The number of thioether (sulfide) groups is 1. The van der Waals surface area contributed by atoms with E-state index in [1.165, 1.54) is 31.2 Å². The molecule has 0 aromatic carbocycles. The number of nitrogens with one attached hydrogen (secondary N) is 4. The maximum Gasteiger partial charge on any atom is 0.326 e. The van der Waals surface area contributed by atoms with Crippen molar-refractivity contribution < 1.29 is 29.1 Å². The summed E-state index contributed by atoms with van der Waals surface area (Å²) in [5.41, 5.74) is 11.5. The minimum atomic E-state index is -1.52. The molecule has 0 aliphatic carbocycles. The summed E-state index contributed by atoms with van der Waals surface area (Å²) in [6, 6.07) is -4.54. The Labute approximate surface area is 188 Å². The van der Waals surface area contributed by atoms with E-state index in [1.807, 2.05) is 0 Å². The van der Waals surface area contributed by atoms with Gasteiger partial charge in [-0.3, -0.25) is 19.2 Å². The van der Waals surface area contributed by atoms with Crippen LogP contribution in [-0.2, 0) is 30.4 Å². The van der Waals surface area contributed by atoms with Crippen LogP contribution in [0.5, 0.6) is 0 Å². The van der Waals surface area contributed by atoms with Crippen molar-refractivity contribution in [3.8, 4) is 0 Å². The minimum absolute atomic E-state index is 0.190. The standard InChI is InChI=1S/C18H29N7O6S/c1-9(23-16(28)11(19)5-10-7-21-8-22-10)15(27)24-12(3-4-32-2)17(29)25-13(18(30)31)6-14(20)26/h7-9,11-13H,3-6,19H2,1-2H3,(H2,20,26)(H,21,22)(H,23,28)(H,24,27)(H,25,29)(H,30,31).